The number of thiocarbonyl (C=S) groups is 1. The first-order valence-electron chi connectivity index (χ1n) is 4.72. The molecule has 14 heavy (non-hydrogen) atoms. The predicted octanol–water partition coefficient (Wildman–Crippen LogP) is 3.74. The molecule has 0 atom stereocenters. The van der Waals surface area contributed by atoms with Crippen molar-refractivity contribution in [3.63, 3.8) is 0 Å². The van der Waals surface area contributed by atoms with Crippen LogP contribution in [-0.2, 0) is 0 Å². The Kier molecular flexibility index (Phi) is 8.01. The molecule has 1 aromatic carbocycles. The molecular weight excluding hydrogens is 190 g/mol. The van der Waals surface area contributed by atoms with Crippen molar-refractivity contribution in [1.82, 2.24) is 0 Å². The first kappa shape index (κ1) is 13.0. The lowest BCUT2D eigenvalue weighted by molar-refractivity contribution is 0.668. The third kappa shape index (κ3) is 9.11. The Balaban J connectivity index is 0.000000241. The van der Waals surface area contributed by atoms with Crippen LogP contribution in [-0.4, -0.2) is 11.7 Å². The Morgan fingerprint density at radius 3 is 2.07 bits per heavy atom. The van der Waals surface area contributed by atoms with Gasteiger partial charge < -0.3 is 0 Å². The number of rotatable bonds is 2. The van der Waals surface area contributed by atoms with Gasteiger partial charge in [0, 0.05) is 0 Å². The highest BCUT2D eigenvalue weighted by molar-refractivity contribution is 7.78. The average molecular weight is 207 g/mol. The third-order valence-electron chi connectivity index (χ3n) is 1.46. The SMILES string of the molecule is CC(C)CN=C=S.Cc1ccccc1. The van der Waals surface area contributed by atoms with Crippen LogP contribution in [0.5, 0.6) is 0 Å². The summed E-state index contributed by atoms with van der Waals surface area (Å²) >= 11 is 4.35. The van der Waals surface area contributed by atoms with Crippen LogP contribution >= 0.6 is 12.2 Å². The van der Waals surface area contributed by atoms with Crippen molar-refractivity contribution in [3.05, 3.63) is 35.9 Å². The van der Waals surface area contributed by atoms with E-state index < -0.39 is 0 Å². The monoisotopic (exact) mass is 207 g/mol. The van der Waals surface area contributed by atoms with Crippen LogP contribution in [0.4, 0.5) is 0 Å². The van der Waals surface area contributed by atoms with Gasteiger partial charge in [0.2, 0.25) is 0 Å². The summed E-state index contributed by atoms with van der Waals surface area (Å²) in [5, 5.41) is 2.31. The van der Waals surface area contributed by atoms with Crippen LogP contribution in [0.25, 0.3) is 0 Å². The lowest BCUT2D eigenvalue weighted by Crippen LogP contribution is -1.89. The van der Waals surface area contributed by atoms with Crippen molar-refractivity contribution >= 4 is 17.4 Å². The molecule has 0 N–H and O–H groups in total. The molecular formula is C12H17NS. The summed E-state index contributed by atoms with van der Waals surface area (Å²) in [5.41, 5.74) is 1.32. The number of hydrogen-bond acceptors (Lipinski definition) is 2. The minimum atomic E-state index is 0.607. The summed E-state index contributed by atoms with van der Waals surface area (Å²) in [6.45, 7) is 7.08. The molecule has 0 aliphatic carbocycles. The number of nitrogens with zero attached hydrogens (tertiary/aromatic N) is 1. The number of benzene rings is 1. The topological polar surface area (TPSA) is 12.4 Å². The molecule has 0 aromatic heterocycles. The number of aliphatic imine (C=N–C) groups is 1. The van der Waals surface area contributed by atoms with Crippen LogP contribution in [0.15, 0.2) is 35.3 Å². The highest BCUT2D eigenvalue weighted by Gasteiger charge is 1.85. The Hall–Kier alpha value is -0.980. The normalized spacial score (nSPS) is 8.57. The fourth-order valence-electron chi connectivity index (χ4n) is 0.754. The molecule has 0 saturated heterocycles. The highest BCUT2D eigenvalue weighted by Crippen LogP contribution is 1.92. The van der Waals surface area contributed by atoms with Crippen LogP contribution in [0.3, 0.4) is 0 Å². The van der Waals surface area contributed by atoms with E-state index in [9.17, 15) is 0 Å². The summed E-state index contributed by atoms with van der Waals surface area (Å²) < 4.78 is 0. The van der Waals surface area contributed by atoms with E-state index in [1.807, 2.05) is 18.2 Å². The summed E-state index contributed by atoms with van der Waals surface area (Å²) in [7, 11) is 0. The van der Waals surface area contributed by atoms with E-state index in [4.69, 9.17) is 0 Å². The van der Waals surface area contributed by atoms with Crippen LogP contribution < -0.4 is 0 Å². The first-order valence-corrected chi connectivity index (χ1v) is 5.13. The van der Waals surface area contributed by atoms with Gasteiger partial charge in [0.15, 0.2) is 0 Å². The second-order valence-electron chi connectivity index (χ2n) is 3.48. The molecule has 0 bridgehead atoms. The predicted molar refractivity (Wildman–Crippen MR) is 65.9 cm³/mol. The van der Waals surface area contributed by atoms with Gasteiger partial charge in [0.05, 0.1) is 11.7 Å². The van der Waals surface area contributed by atoms with Crippen molar-refractivity contribution in [2.75, 3.05) is 6.54 Å². The minimum Gasteiger partial charge on any atom is -0.232 e. The second kappa shape index (κ2) is 8.61. The number of isothiocyanates is 1. The third-order valence-corrected chi connectivity index (χ3v) is 1.59. The van der Waals surface area contributed by atoms with Gasteiger partial charge in [0.1, 0.15) is 0 Å². The van der Waals surface area contributed by atoms with E-state index in [0.29, 0.717) is 5.92 Å². The van der Waals surface area contributed by atoms with E-state index in [0.717, 1.165) is 6.54 Å². The molecule has 0 amide bonds. The van der Waals surface area contributed by atoms with Gasteiger partial charge in [-0.3, -0.25) is 0 Å². The van der Waals surface area contributed by atoms with Crippen molar-refractivity contribution in [2.45, 2.75) is 20.8 Å². The maximum absolute atomic E-state index is 4.35. The minimum absolute atomic E-state index is 0.607. The van der Waals surface area contributed by atoms with Crippen LogP contribution in [0.2, 0.25) is 0 Å². The molecule has 76 valence electrons. The zero-order valence-electron chi connectivity index (χ0n) is 9.03. The Bertz CT molecular complexity index is 274. The molecule has 1 nitrogen and oxygen atoms in total. The van der Waals surface area contributed by atoms with Crippen molar-refractivity contribution in [3.8, 4) is 0 Å². The average Bonchev–Trinajstić information content (AvgIpc) is 2.17. The van der Waals surface area contributed by atoms with E-state index >= 15 is 0 Å². The molecule has 0 aliphatic heterocycles. The standard InChI is InChI=1S/C7H8.C5H9NS/c1-7-5-3-2-4-6-7;1-5(2)3-6-4-7/h2-6H,1H3;5H,3H2,1-2H3. The number of hydrogen-bond donors (Lipinski definition) is 0. The summed E-state index contributed by atoms with van der Waals surface area (Å²) in [5.74, 6) is 0.607. The van der Waals surface area contributed by atoms with E-state index in [1.165, 1.54) is 5.56 Å². The van der Waals surface area contributed by atoms with E-state index in [-0.39, 0.29) is 0 Å². The smallest absolute Gasteiger partial charge is 0.0585 e. The summed E-state index contributed by atoms with van der Waals surface area (Å²) in [6, 6.07) is 10.3. The Labute approximate surface area is 91.9 Å². The van der Waals surface area contributed by atoms with Gasteiger partial charge in [-0.2, -0.15) is 0 Å². The van der Waals surface area contributed by atoms with Gasteiger partial charge in [0.25, 0.3) is 0 Å². The molecule has 0 saturated carbocycles. The molecule has 0 spiro atoms. The van der Waals surface area contributed by atoms with Crippen LogP contribution in [0, 0.1) is 12.8 Å². The molecule has 0 aliphatic rings. The first-order chi connectivity index (χ1) is 6.66. The van der Waals surface area contributed by atoms with Crippen molar-refractivity contribution < 1.29 is 0 Å². The van der Waals surface area contributed by atoms with Gasteiger partial charge in [-0.05, 0) is 25.1 Å². The summed E-state index contributed by atoms with van der Waals surface area (Å²) in [4.78, 5) is 3.74. The molecule has 0 unspecified atom stereocenters. The Morgan fingerprint density at radius 2 is 1.86 bits per heavy atom. The molecule has 0 fully saturated rings. The Morgan fingerprint density at radius 1 is 1.29 bits per heavy atom. The quantitative estimate of drug-likeness (QED) is 0.531. The van der Waals surface area contributed by atoms with Crippen molar-refractivity contribution in [2.24, 2.45) is 10.9 Å². The zero-order chi connectivity index (χ0) is 10.8. The van der Waals surface area contributed by atoms with Gasteiger partial charge in [-0.25, -0.2) is 4.99 Å². The second-order valence-corrected chi connectivity index (χ2v) is 3.66. The number of aryl methyl sites for hydroxylation is 1. The van der Waals surface area contributed by atoms with E-state index in [2.05, 4.69) is 55.3 Å². The molecule has 0 heterocycles. The molecule has 1 aromatic rings. The lowest BCUT2D eigenvalue weighted by Gasteiger charge is -1.91. The van der Waals surface area contributed by atoms with Gasteiger partial charge in [-0.15, -0.1) is 0 Å². The maximum atomic E-state index is 4.35. The summed E-state index contributed by atoms with van der Waals surface area (Å²) in [6.07, 6.45) is 0. The highest BCUT2D eigenvalue weighted by atomic mass is 32.1. The van der Waals surface area contributed by atoms with Gasteiger partial charge >= 0.3 is 0 Å². The molecule has 1 rings (SSSR count). The largest absolute Gasteiger partial charge is 0.232 e. The fraction of sp³-hybridized carbons (Fsp3) is 0.417. The fourth-order valence-corrected chi connectivity index (χ4v) is 0.829. The molecule has 2 heteroatoms. The van der Waals surface area contributed by atoms with E-state index in [1.54, 1.807) is 0 Å². The molecule has 0 radical (unpaired) electrons. The van der Waals surface area contributed by atoms with Gasteiger partial charge in [-0.1, -0.05) is 49.7 Å². The van der Waals surface area contributed by atoms with Crippen LogP contribution in [0.1, 0.15) is 19.4 Å². The lowest BCUT2D eigenvalue weighted by atomic mass is 10.2. The zero-order valence-corrected chi connectivity index (χ0v) is 9.84. The maximum Gasteiger partial charge on any atom is 0.0585 e. The van der Waals surface area contributed by atoms with Crippen molar-refractivity contribution in [1.29, 1.82) is 0 Å².